The summed E-state index contributed by atoms with van der Waals surface area (Å²) in [7, 11) is 0. The molecule has 1 rings (SSSR count). The van der Waals surface area contributed by atoms with Gasteiger partial charge in [0.15, 0.2) is 0 Å². The van der Waals surface area contributed by atoms with Crippen molar-refractivity contribution in [3.63, 3.8) is 0 Å². The molecule has 0 unspecified atom stereocenters. The molecule has 1 N–H and O–H groups in total. The maximum Gasteiger partial charge on any atom is 0.222 e. The molecule has 0 bridgehead atoms. The summed E-state index contributed by atoms with van der Waals surface area (Å²) in [6.45, 7) is 3.90. The van der Waals surface area contributed by atoms with Gasteiger partial charge in [0, 0.05) is 19.0 Å². The van der Waals surface area contributed by atoms with E-state index < -0.39 is 0 Å². The van der Waals surface area contributed by atoms with E-state index in [-0.39, 0.29) is 5.91 Å². The average Bonchev–Trinajstić information content (AvgIpc) is 2.31. The van der Waals surface area contributed by atoms with E-state index in [2.05, 4.69) is 11.9 Å². The minimum Gasteiger partial charge on any atom is -0.353 e. The third-order valence-corrected chi connectivity index (χ3v) is 2.94. The quantitative estimate of drug-likeness (QED) is 0.694. The van der Waals surface area contributed by atoms with Gasteiger partial charge in [0.2, 0.25) is 12.3 Å². The zero-order valence-corrected chi connectivity index (χ0v) is 9.65. The van der Waals surface area contributed by atoms with Gasteiger partial charge in [-0.3, -0.25) is 9.59 Å². The fraction of sp³-hybridized carbons (Fsp3) is 0.667. The van der Waals surface area contributed by atoms with Gasteiger partial charge in [-0.1, -0.05) is 25.8 Å². The number of nitrogens with zero attached hydrogens (tertiary/aromatic N) is 1. The number of hydrogen-bond donors (Lipinski definition) is 1. The molecular weight excluding hydrogens is 204 g/mol. The highest BCUT2D eigenvalue weighted by Gasteiger charge is 2.15. The first-order chi connectivity index (χ1) is 7.76. The Hall–Kier alpha value is -1.32. The second-order valence-corrected chi connectivity index (χ2v) is 4.18. The number of rotatable bonds is 6. The Morgan fingerprint density at radius 3 is 2.62 bits per heavy atom. The van der Waals surface area contributed by atoms with Gasteiger partial charge in [0.25, 0.3) is 0 Å². The summed E-state index contributed by atoms with van der Waals surface area (Å²) in [6.07, 6.45) is 8.33. The second-order valence-electron chi connectivity index (χ2n) is 4.18. The van der Waals surface area contributed by atoms with E-state index in [0.717, 1.165) is 12.8 Å². The summed E-state index contributed by atoms with van der Waals surface area (Å²) < 4.78 is 0. The molecule has 90 valence electrons. The minimum atomic E-state index is 0.0283. The molecule has 1 fully saturated rings. The van der Waals surface area contributed by atoms with E-state index >= 15 is 0 Å². The van der Waals surface area contributed by atoms with Crippen LogP contribution in [0.1, 0.15) is 38.5 Å². The van der Waals surface area contributed by atoms with Crippen LogP contribution in [0.25, 0.3) is 0 Å². The molecule has 0 heterocycles. The molecule has 4 heteroatoms. The van der Waals surface area contributed by atoms with Gasteiger partial charge >= 0.3 is 0 Å². The van der Waals surface area contributed by atoms with Gasteiger partial charge in [-0.05, 0) is 19.0 Å². The molecule has 0 spiro atoms. The van der Waals surface area contributed by atoms with Gasteiger partial charge in [0.05, 0.1) is 0 Å². The fourth-order valence-corrected chi connectivity index (χ4v) is 1.96. The third-order valence-electron chi connectivity index (χ3n) is 2.94. The predicted molar refractivity (Wildman–Crippen MR) is 62.6 cm³/mol. The Bertz CT molecular complexity index is 239. The van der Waals surface area contributed by atoms with Crippen LogP contribution in [-0.2, 0) is 9.59 Å². The summed E-state index contributed by atoms with van der Waals surface area (Å²) in [6, 6.07) is 0.342. The first kappa shape index (κ1) is 12.7. The Balaban J connectivity index is 2.19. The minimum absolute atomic E-state index is 0.0283. The van der Waals surface area contributed by atoms with E-state index in [0.29, 0.717) is 25.4 Å². The standard InChI is InChI=1S/C12H20N2O2/c1-2-14(10-15)9-8-12(16)13-11-6-4-3-5-7-11/h2,10-11H,1,3-9H2,(H,13,16). The molecule has 1 aliphatic rings. The van der Waals surface area contributed by atoms with Gasteiger partial charge in [0.1, 0.15) is 0 Å². The van der Waals surface area contributed by atoms with Gasteiger partial charge in [-0.25, -0.2) is 0 Å². The van der Waals surface area contributed by atoms with Crippen molar-refractivity contribution >= 4 is 12.3 Å². The smallest absolute Gasteiger partial charge is 0.222 e. The number of hydrogen-bond acceptors (Lipinski definition) is 2. The third kappa shape index (κ3) is 4.47. The topological polar surface area (TPSA) is 49.4 Å². The molecule has 1 saturated carbocycles. The first-order valence-corrected chi connectivity index (χ1v) is 5.89. The van der Waals surface area contributed by atoms with Crippen LogP contribution in [0, 0.1) is 0 Å². The Labute approximate surface area is 96.7 Å². The van der Waals surface area contributed by atoms with Crippen molar-refractivity contribution in [1.82, 2.24) is 10.2 Å². The number of amides is 2. The Kier molecular flexibility index (Phi) is 5.61. The summed E-state index contributed by atoms with van der Waals surface area (Å²) in [5.41, 5.74) is 0. The Morgan fingerprint density at radius 1 is 1.38 bits per heavy atom. The SMILES string of the molecule is C=CN(C=O)CCC(=O)NC1CCCCC1. The molecule has 0 radical (unpaired) electrons. The van der Waals surface area contributed by atoms with Crippen LogP contribution in [-0.4, -0.2) is 29.8 Å². The van der Waals surface area contributed by atoms with Crippen LogP contribution in [0.2, 0.25) is 0 Å². The van der Waals surface area contributed by atoms with Crippen LogP contribution in [0.15, 0.2) is 12.8 Å². The van der Waals surface area contributed by atoms with Crippen LogP contribution in [0.5, 0.6) is 0 Å². The van der Waals surface area contributed by atoms with E-state index in [1.807, 2.05) is 0 Å². The Morgan fingerprint density at radius 2 is 2.06 bits per heavy atom. The molecule has 0 atom stereocenters. The van der Waals surface area contributed by atoms with Gasteiger partial charge in [-0.15, -0.1) is 0 Å². The number of carbonyl (C=O) groups excluding carboxylic acids is 2. The van der Waals surface area contributed by atoms with Gasteiger partial charge in [-0.2, -0.15) is 0 Å². The van der Waals surface area contributed by atoms with E-state index in [1.54, 1.807) is 0 Å². The first-order valence-electron chi connectivity index (χ1n) is 5.89. The lowest BCUT2D eigenvalue weighted by atomic mass is 9.95. The van der Waals surface area contributed by atoms with Gasteiger partial charge < -0.3 is 10.2 Å². The molecule has 1 aliphatic carbocycles. The summed E-state index contributed by atoms with van der Waals surface area (Å²) in [5.74, 6) is 0.0283. The molecule has 0 aliphatic heterocycles. The van der Waals surface area contributed by atoms with Crippen LogP contribution in [0.3, 0.4) is 0 Å². The van der Waals surface area contributed by atoms with Crippen LogP contribution >= 0.6 is 0 Å². The van der Waals surface area contributed by atoms with Crippen molar-refractivity contribution in [1.29, 1.82) is 0 Å². The monoisotopic (exact) mass is 224 g/mol. The number of nitrogens with one attached hydrogen (secondary N) is 1. The molecular formula is C12H20N2O2. The average molecular weight is 224 g/mol. The predicted octanol–water partition coefficient (Wildman–Crippen LogP) is 1.43. The molecule has 0 aromatic rings. The summed E-state index contributed by atoms with van der Waals surface area (Å²) in [5, 5.41) is 3.01. The highest BCUT2D eigenvalue weighted by Crippen LogP contribution is 2.17. The van der Waals surface area contributed by atoms with Crippen molar-refractivity contribution < 1.29 is 9.59 Å². The zero-order chi connectivity index (χ0) is 11.8. The summed E-state index contributed by atoms with van der Waals surface area (Å²) >= 11 is 0. The van der Waals surface area contributed by atoms with Crippen molar-refractivity contribution in [2.45, 2.75) is 44.6 Å². The van der Waals surface area contributed by atoms with E-state index in [1.165, 1.54) is 30.4 Å². The fourth-order valence-electron chi connectivity index (χ4n) is 1.96. The molecule has 0 aromatic carbocycles. The maximum atomic E-state index is 11.6. The molecule has 2 amide bonds. The van der Waals surface area contributed by atoms with Crippen LogP contribution in [0.4, 0.5) is 0 Å². The largest absolute Gasteiger partial charge is 0.353 e. The van der Waals surface area contributed by atoms with E-state index in [9.17, 15) is 9.59 Å². The highest BCUT2D eigenvalue weighted by molar-refractivity contribution is 5.76. The number of carbonyl (C=O) groups is 2. The van der Waals surface area contributed by atoms with Crippen molar-refractivity contribution in [3.8, 4) is 0 Å². The van der Waals surface area contributed by atoms with Crippen molar-refractivity contribution in [2.24, 2.45) is 0 Å². The highest BCUT2D eigenvalue weighted by atomic mass is 16.2. The lowest BCUT2D eigenvalue weighted by Crippen LogP contribution is -2.37. The molecule has 0 aromatic heterocycles. The van der Waals surface area contributed by atoms with E-state index in [4.69, 9.17) is 0 Å². The molecule has 4 nitrogen and oxygen atoms in total. The second kappa shape index (κ2) is 7.04. The lowest BCUT2D eigenvalue weighted by Gasteiger charge is -2.23. The normalized spacial score (nSPS) is 16.5. The summed E-state index contributed by atoms with van der Waals surface area (Å²) in [4.78, 5) is 23.4. The maximum absolute atomic E-state index is 11.6. The lowest BCUT2D eigenvalue weighted by molar-refractivity contribution is -0.122. The zero-order valence-electron chi connectivity index (χ0n) is 9.65. The van der Waals surface area contributed by atoms with Crippen LogP contribution < -0.4 is 5.32 Å². The molecule has 0 saturated heterocycles. The van der Waals surface area contributed by atoms with Crippen molar-refractivity contribution in [2.75, 3.05) is 6.54 Å². The van der Waals surface area contributed by atoms with Crippen molar-refractivity contribution in [3.05, 3.63) is 12.8 Å². The molecule has 16 heavy (non-hydrogen) atoms.